The van der Waals surface area contributed by atoms with Crippen LogP contribution in [0.4, 0.5) is 11.6 Å². The number of anilines is 2. The van der Waals surface area contributed by atoms with Crippen molar-refractivity contribution in [2.75, 3.05) is 44.9 Å². The van der Waals surface area contributed by atoms with Gasteiger partial charge < -0.3 is 25.3 Å². The van der Waals surface area contributed by atoms with Crippen molar-refractivity contribution < 1.29 is 9.21 Å². The highest BCUT2D eigenvalue weighted by Crippen LogP contribution is 2.53. The molecular weight excluding hydrogens is 408 g/mol. The molecule has 1 aliphatic heterocycles. The number of nitrogens with zero attached hydrogens (tertiary/aromatic N) is 6. The Morgan fingerprint density at radius 2 is 1.88 bits per heavy atom. The van der Waals surface area contributed by atoms with E-state index in [4.69, 9.17) is 10.2 Å². The minimum atomic E-state index is 0.125. The lowest BCUT2D eigenvalue weighted by Gasteiger charge is -2.21. The molecule has 2 aliphatic rings. The molecule has 3 aromatic rings. The van der Waals surface area contributed by atoms with Crippen LogP contribution in [0, 0.1) is 17.8 Å². The van der Waals surface area contributed by atoms with E-state index in [0.29, 0.717) is 29.2 Å². The smallest absolute Gasteiger partial charge is 0.270 e. The predicted octanol–water partition coefficient (Wildman–Crippen LogP) is 1.27. The minimum Gasteiger partial charge on any atom is -0.414 e. The first-order chi connectivity index (χ1) is 15.5. The lowest BCUT2D eigenvalue weighted by Crippen LogP contribution is -2.31. The molecule has 32 heavy (non-hydrogen) atoms. The summed E-state index contributed by atoms with van der Waals surface area (Å²) in [5.41, 5.74) is 8.43. The van der Waals surface area contributed by atoms with Gasteiger partial charge in [0.25, 0.3) is 5.89 Å². The average Bonchev–Trinajstić information content (AvgIpc) is 3.13. The lowest BCUT2D eigenvalue weighted by molar-refractivity contribution is -0.130. The molecule has 3 atom stereocenters. The van der Waals surface area contributed by atoms with Gasteiger partial charge in [-0.15, -0.1) is 10.2 Å². The van der Waals surface area contributed by atoms with Gasteiger partial charge in [-0.05, 0) is 36.6 Å². The fourth-order valence-electron chi connectivity index (χ4n) is 4.48. The monoisotopic (exact) mass is 434 g/mol. The molecule has 1 aromatic carbocycles. The van der Waals surface area contributed by atoms with Crippen LogP contribution in [0.2, 0.25) is 0 Å². The summed E-state index contributed by atoms with van der Waals surface area (Å²) in [6.07, 6.45) is 1.66. The zero-order valence-corrected chi connectivity index (χ0v) is 18.3. The molecule has 5 rings (SSSR count). The number of piperidine rings is 1. The maximum absolute atomic E-state index is 12.2. The highest BCUT2D eigenvalue weighted by atomic mass is 16.4. The number of fused-ring (bicyclic) bond motifs is 1. The van der Waals surface area contributed by atoms with Crippen LogP contribution >= 0.6 is 0 Å². The number of hydrogen-bond acceptors (Lipinski definition) is 9. The molecule has 10 nitrogen and oxygen atoms in total. The Morgan fingerprint density at radius 3 is 2.53 bits per heavy atom. The van der Waals surface area contributed by atoms with Crippen molar-refractivity contribution in [2.45, 2.75) is 6.54 Å². The summed E-state index contributed by atoms with van der Waals surface area (Å²) >= 11 is 0. The van der Waals surface area contributed by atoms with E-state index in [1.165, 1.54) is 0 Å². The number of nitrogens with one attached hydrogen (secondary N) is 1. The van der Waals surface area contributed by atoms with E-state index >= 15 is 0 Å². The Balaban J connectivity index is 1.33. The van der Waals surface area contributed by atoms with Gasteiger partial charge in [-0.3, -0.25) is 4.79 Å². The van der Waals surface area contributed by atoms with Crippen LogP contribution in [0.15, 0.2) is 34.9 Å². The normalized spacial score (nSPS) is 21.5. The summed E-state index contributed by atoms with van der Waals surface area (Å²) in [5, 5.41) is 11.4. The fourth-order valence-corrected chi connectivity index (χ4v) is 4.48. The average molecular weight is 435 g/mol. The number of nitrogen functional groups attached to an aromatic ring is 1. The number of aromatic nitrogens is 4. The highest BCUT2D eigenvalue weighted by molar-refractivity contribution is 5.82. The van der Waals surface area contributed by atoms with Crippen molar-refractivity contribution in [1.82, 2.24) is 30.4 Å². The van der Waals surface area contributed by atoms with Gasteiger partial charge in [0.2, 0.25) is 11.8 Å². The zero-order valence-electron chi connectivity index (χ0n) is 18.3. The minimum absolute atomic E-state index is 0.125. The van der Waals surface area contributed by atoms with Crippen molar-refractivity contribution in [3.63, 3.8) is 0 Å². The molecule has 1 saturated carbocycles. The third kappa shape index (κ3) is 3.56. The van der Waals surface area contributed by atoms with Crippen LogP contribution < -0.4 is 16.0 Å². The maximum Gasteiger partial charge on any atom is 0.270 e. The van der Waals surface area contributed by atoms with Gasteiger partial charge in [-0.2, -0.15) is 0 Å². The van der Waals surface area contributed by atoms with Crippen molar-refractivity contribution in [3.8, 4) is 23.0 Å². The van der Waals surface area contributed by atoms with Crippen LogP contribution in [0.5, 0.6) is 0 Å². The Kier molecular flexibility index (Phi) is 5.01. The summed E-state index contributed by atoms with van der Waals surface area (Å²) in [4.78, 5) is 25.0. The van der Waals surface area contributed by atoms with Crippen molar-refractivity contribution in [3.05, 3.63) is 36.0 Å². The second kappa shape index (κ2) is 7.86. The molecular formula is C22H26N8O2. The molecule has 1 saturated heterocycles. The number of nitrogens with two attached hydrogens (primary N) is 1. The molecule has 2 aromatic heterocycles. The first kappa shape index (κ1) is 20.4. The van der Waals surface area contributed by atoms with Gasteiger partial charge in [0.15, 0.2) is 11.5 Å². The van der Waals surface area contributed by atoms with E-state index < -0.39 is 0 Å². The summed E-state index contributed by atoms with van der Waals surface area (Å²) < 4.78 is 5.87. The van der Waals surface area contributed by atoms with Gasteiger partial charge in [0, 0.05) is 45.2 Å². The second-order valence-corrected chi connectivity index (χ2v) is 8.59. The Hall–Kier alpha value is -3.53. The quantitative estimate of drug-likeness (QED) is 0.589. The zero-order chi connectivity index (χ0) is 22.4. The van der Waals surface area contributed by atoms with Crippen molar-refractivity contribution in [2.24, 2.45) is 17.8 Å². The molecule has 3 heterocycles. The van der Waals surface area contributed by atoms with E-state index in [-0.39, 0.29) is 23.5 Å². The fraction of sp³-hybridized carbons (Fsp3) is 0.409. The summed E-state index contributed by atoms with van der Waals surface area (Å²) in [6.45, 7) is 2.35. The number of hydrogen-bond donors (Lipinski definition) is 2. The number of amides is 1. The third-order valence-corrected chi connectivity index (χ3v) is 6.24. The van der Waals surface area contributed by atoms with Crippen LogP contribution in [0.25, 0.3) is 23.0 Å². The SMILES string of the molecule is CNCc1ccc(-c2nnc(-c3nc(N4C[C@@H]5C(C(=O)N(C)C)[C@@H]5C4)cnc3N)o2)cc1. The molecule has 0 radical (unpaired) electrons. The van der Waals surface area contributed by atoms with E-state index in [1.54, 1.807) is 25.2 Å². The van der Waals surface area contributed by atoms with Crippen LogP contribution in [0.3, 0.4) is 0 Å². The van der Waals surface area contributed by atoms with Gasteiger partial charge in [0.1, 0.15) is 5.82 Å². The largest absolute Gasteiger partial charge is 0.414 e. The topological polar surface area (TPSA) is 126 Å². The first-order valence-corrected chi connectivity index (χ1v) is 10.6. The number of rotatable bonds is 6. The van der Waals surface area contributed by atoms with E-state index in [0.717, 1.165) is 30.8 Å². The molecule has 1 amide bonds. The van der Waals surface area contributed by atoms with Crippen LogP contribution in [-0.2, 0) is 11.3 Å². The van der Waals surface area contributed by atoms with E-state index in [2.05, 4.69) is 30.4 Å². The molecule has 0 bridgehead atoms. The molecule has 1 unspecified atom stereocenters. The van der Waals surface area contributed by atoms with Gasteiger partial charge >= 0.3 is 0 Å². The van der Waals surface area contributed by atoms with E-state index in [1.807, 2.05) is 31.3 Å². The summed E-state index contributed by atoms with van der Waals surface area (Å²) in [5.74, 6) is 2.64. The van der Waals surface area contributed by atoms with Crippen LogP contribution in [0.1, 0.15) is 5.56 Å². The van der Waals surface area contributed by atoms with Crippen molar-refractivity contribution in [1.29, 1.82) is 0 Å². The van der Waals surface area contributed by atoms with Crippen LogP contribution in [-0.4, -0.2) is 65.2 Å². The number of carbonyl (C=O) groups excluding carboxylic acids is 1. The first-order valence-electron chi connectivity index (χ1n) is 10.6. The van der Waals surface area contributed by atoms with E-state index in [9.17, 15) is 4.79 Å². The standard InChI is InChI=1S/C22H26N8O2/c1-24-8-12-4-6-13(7-5-12)20-27-28-21(32-20)18-19(23)25-9-16(26-18)30-10-14-15(11-30)17(14)22(31)29(2)3/h4-7,9,14-15,17,24H,8,10-11H2,1-3H3,(H2,23,25)/t14-,15+,17?. The van der Waals surface area contributed by atoms with Gasteiger partial charge in [0.05, 0.1) is 6.20 Å². The Morgan fingerprint density at radius 1 is 1.19 bits per heavy atom. The molecule has 10 heteroatoms. The Labute approximate surface area is 185 Å². The molecule has 0 spiro atoms. The maximum atomic E-state index is 12.2. The molecule has 1 aliphatic carbocycles. The van der Waals surface area contributed by atoms with Gasteiger partial charge in [-0.1, -0.05) is 12.1 Å². The Bertz CT molecular complexity index is 1130. The highest BCUT2D eigenvalue weighted by Gasteiger charge is 2.60. The lowest BCUT2D eigenvalue weighted by atomic mass is 10.1. The number of benzene rings is 1. The van der Waals surface area contributed by atoms with Crippen molar-refractivity contribution >= 4 is 17.5 Å². The number of carbonyl (C=O) groups is 1. The molecule has 2 fully saturated rings. The second-order valence-electron chi connectivity index (χ2n) is 8.59. The summed E-state index contributed by atoms with van der Waals surface area (Å²) in [7, 11) is 5.52. The molecule has 3 N–H and O–H groups in total. The third-order valence-electron chi connectivity index (χ3n) is 6.24. The summed E-state index contributed by atoms with van der Waals surface area (Å²) in [6, 6.07) is 7.91. The molecule has 166 valence electrons. The van der Waals surface area contributed by atoms with Gasteiger partial charge in [-0.25, -0.2) is 9.97 Å². The predicted molar refractivity (Wildman–Crippen MR) is 119 cm³/mol.